The molecule has 1 N–H and O–H groups in total. The largest absolute Gasteiger partial charge is 0.346 e. The molecular formula is C16H21FN2O2S. The Morgan fingerprint density at radius 1 is 1.18 bits per heavy atom. The number of rotatable bonds is 5. The third kappa shape index (κ3) is 3.39. The molecule has 1 aromatic carbocycles. The molecule has 0 aliphatic rings. The van der Waals surface area contributed by atoms with E-state index in [1.54, 1.807) is 0 Å². The first-order valence-electron chi connectivity index (χ1n) is 7.15. The van der Waals surface area contributed by atoms with Crippen LogP contribution in [0, 0.1) is 19.7 Å². The molecule has 0 bridgehead atoms. The van der Waals surface area contributed by atoms with Crippen molar-refractivity contribution in [2.24, 2.45) is 0 Å². The topological polar surface area (TPSA) is 51.1 Å². The average Bonchev–Trinajstić information content (AvgIpc) is 2.71. The van der Waals surface area contributed by atoms with Crippen LogP contribution in [0.5, 0.6) is 0 Å². The molecule has 6 heteroatoms. The molecule has 120 valence electrons. The van der Waals surface area contributed by atoms with Crippen LogP contribution in [0.1, 0.15) is 36.8 Å². The highest BCUT2D eigenvalue weighted by Gasteiger charge is 2.16. The minimum atomic E-state index is -3.64. The molecule has 0 fully saturated rings. The molecule has 4 nitrogen and oxygen atoms in total. The van der Waals surface area contributed by atoms with Gasteiger partial charge in [0.1, 0.15) is 5.82 Å². The van der Waals surface area contributed by atoms with Crippen LogP contribution in [0.2, 0.25) is 0 Å². The number of nitrogens with zero attached hydrogens (tertiary/aromatic N) is 1. The number of hydrogen-bond donors (Lipinski definition) is 1. The second-order valence-corrected chi connectivity index (χ2v) is 7.41. The predicted octanol–water partition coefficient (Wildman–Crippen LogP) is 3.30. The van der Waals surface area contributed by atoms with E-state index in [1.165, 1.54) is 12.1 Å². The molecule has 0 aliphatic carbocycles. The van der Waals surface area contributed by atoms with Crippen molar-refractivity contribution in [1.29, 1.82) is 0 Å². The van der Waals surface area contributed by atoms with Crippen molar-refractivity contribution in [2.75, 3.05) is 0 Å². The van der Waals surface area contributed by atoms with Gasteiger partial charge in [0, 0.05) is 24.0 Å². The van der Waals surface area contributed by atoms with E-state index in [1.807, 2.05) is 19.9 Å². The van der Waals surface area contributed by atoms with E-state index in [2.05, 4.69) is 23.1 Å². The Kier molecular flexibility index (Phi) is 4.72. The van der Waals surface area contributed by atoms with Gasteiger partial charge in [-0.3, -0.25) is 0 Å². The highest BCUT2D eigenvalue weighted by atomic mass is 32.2. The lowest BCUT2D eigenvalue weighted by molar-refractivity contribution is 0.570. The Bertz CT molecular complexity index is 762. The van der Waals surface area contributed by atoms with Crippen molar-refractivity contribution in [3.8, 4) is 0 Å². The summed E-state index contributed by atoms with van der Waals surface area (Å²) in [5.74, 6) is -0.459. The van der Waals surface area contributed by atoms with Gasteiger partial charge < -0.3 is 4.57 Å². The number of halogens is 1. The number of nitrogens with one attached hydrogen (secondary N) is 1. The van der Waals surface area contributed by atoms with Crippen LogP contribution < -0.4 is 4.72 Å². The zero-order valence-electron chi connectivity index (χ0n) is 13.2. The average molecular weight is 324 g/mol. The van der Waals surface area contributed by atoms with Gasteiger partial charge in [-0.15, -0.1) is 0 Å². The van der Waals surface area contributed by atoms with Gasteiger partial charge in [0.15, 0.2) is 0 Å². The fraction of sp³-hybridized carbons (Fsp3) is 0.375. The molecule has 0 unspecified atom stereocenters. The Hall–Kier alpha value is -1.66. The van der Waals surface area contributed by atoms with Crippen molar-refractivity contribution < 1.29 is 12.8 Å². The lowest BCUT2D eigenvalue weighted by Gasteiger charge is -2.14. The van der Waals surface area contributed by atoms with Gasteiger partial charge in [-0.25, -0.2) is 17.5 Å². The Labute approximate surface area is 131 Å². The first-order valence-corrected chi connectivity index (χ1v) is 8.63. The van der Waals surface area contributed by atoms with Crippen molar-refractivity contribution in [2.45, 2.75) is 45.2 Å². The molecule has 0 spiro atoms. The summed E-state index contributed by atoms with van der Waals surface area (Å²) in [5, 5.41) is 0. The number of benzene rings is 1. The molecule has 0 saturated heterocycles. The third-order valence-electron chi connectivity index (χ3n) is 3.68. The van der Waals surface area contributed by atoms with Gasteiger partial charge in [-0.05, 0) is 63.6 Å². The normalized spacial score (nSPS) is 12.1. The Morgan fingerprint density at radius 3 is 2.27 bits per heavy atom. The zero-order valence-corrected chi connectivity index (χ0v) is 14.0. The van der Waals surface area contributed by atoms with Gasteiger partial charge in [0.25, 0.3) is 0 Å². The second-order valence-electron chi connectivity index (χ2n) is 5.64. The quantitative estimate of drug-likeness (QED) is 0.917. The van der Waals surface area contributed by atoms with Crippen LogP contribution in [-0.4, -0.2) is 13.0 Å². The van der Waals surface area contributed by atoms with Crippen molar-refractivity contribution in [3.63, 3.8) is 0 Å². The summed E-state index contributed by atoms with van der Waals surface area (Å²) in [5.41, 5.74) is 3.09. The Morgan fingerprint density at radius 2 is 1.77 bits per heavy atom. The second kappa shape index (κ2) is 6.22. The monoisotopic (exact) mass is 324 g/mol. The molecule has 0 amide bonds. The van der Waals surface area contributed by atoms with Crippen LogP contribution in [0.25, 0.3) is 0 Å². The maximum Gasteiger partial charge on any atom is 0.240 e. The highest BCUT2D eigenvalue weighted by molar-refractivity contribution is 7.89. The minimum Gasteiger partial charge on any atom is -0.346 e. The van der Waals surface area contributed by atoms with Crippen LogP contribution in [0.4, 0.5) is 4.39 Å². The minimum absolute atomic E-state index is 0.0616. The van der Waals surface area contributed by atoms with Crippen molar-refractivity contribution in [3.05, 3.63) is 53.1 Å². The summed E-state index contributed by atoms with van der Waals surface area (Å²) in [4.78, 5) is 0.0616. The van der Waals surface area contributed by atoms with Gasteiger partial charge in [-0.2, -0.15) is 0 Å². The summed E-state index contributed by atoms with van der Waals surface area (Å²) in [6, 6.07) is 7.10. The first kappa shape index (κ1) is 16.7. The summed E-state index contributed by atoms with van der Waals surface area (Å²) >= 11 is 0. The van der Waals surface area contributed by atoms with Crippen LogP contribution >= 0.6 is 0 Å². The zero-order chi connectivity index (χ0) is 16.5. The van der Waals surface area contributed by atoms with Gasteiger partial charge in [-0.1, -0.05) is 0 Å². The van der Waals surface area contributed by atoms with E-state index >= 15 is 0 Å². The lowest BCUT2D eigenvalue weighted by atomic mass is 10.2. The fourth-order valence-corrected chi connectivity index (χ4v) is 3.70. The maximum absolute atomic E-state index is 12.9. The SMILES string of the molecule is Cc1cc(CNS(=O)(=O)c2ccc(F)cc2)c(C)n1C(C)C. The van der Waals surface area contributed by atoms with Crippen LogP contribution in [0.3, 0.4) is 0 Å². The van der Waals surface area contributed by atoms with E-state index in [9.17, 15) is 12.8 Å². The first-order chi connectivity index (χ1) is 10.2. The number of aromatic nitrogens is 1. The molecule has 2 rings (SSSR count). The lowest BCUT2D eigenvalue weighted by Crippen LogP contribution is -2.23. The summed E-state index contributed by atoms with van der Waals surface area (Å²) < 4.78 is 42.0. The molecule has 1 heterocycles. The molecule has 0 saturated carbocycles. The van der Waals surface area contributed by atoms with Gasteiger partial charge in [0.2, 0.25) is 10.0 Å². The molecule has 0 atom stereocenters. The van der Waals surface area contributed by atoms with Gasteiger partial charge in [0.05, 0.1) is 4.90 Å². The molecule has 0 aliphatic heterocycles. The highest BCUT2D eigenvalue weighted by Crippen LogP contribution is 2.20. The van der Waals surface area contributed by atoms with Crippen LogP contribution in [-0.2, 0) is 16.6 Å². The van der Waals surface area contributed by atoms with E-state index in [0.29, 0.717) is 6.04 Å². The van der Waals surface area contributed by atoms with E-state index in [0.717, 1.165) is 29.1 Å². The van der Waals surface area contributed by atoms with E-state index in [-0.39, 0.29) is 11.4 Å². The summed E-state index contributed by atoms with van der Waals surface area (Å²) in [7, 11) is -3.64. The maximum atomic E-state index is 12.9. The predicted molar refractivity (Wildman–Crippen MR) is 84.7 cm³/mol. The summed E-state index contributed by atoms with van der Waals surface area (Å²) in [6.07, 6.45) is 0. The van der Waals surface area contributed by atoms with Gasteiger partial charge >= 0.3 is 0 Å². The summed E-state index contributed by atoms with van der Waals surface area (Å²) in [6.45, 7) is 8.38. The third-order valence-corrected chi connectivity index (χ3v) is 5.10. The van der Waals surface area contributed by atoms with Crippen LogP contribution in [0.15, 0.2) is 35.2 Å². The van der Waals surface area contributed by atoms with Crippen molar-refractivity contribution >= 4 is 10.0 Å². The molecule has 1 aromatic heterocycles. The molecule has 22 heavy (non-hydrogen) atoms. The molecular weight excluding hydrogens is 303 g/mol. The number of hydrogen-bond acceptors (Lipinski definition) is 2. The molecule has 0 radical (unpaired) electrons. The number of sulfonamides is 1. The smallest absolute Gasteiger partial charge is 0.240 e. The van der Waals surface area contributed by atoms with E-state index < -0.39 is 15.8 Å². The van der Waals surface area contributed by atoms with Crippen molar-refractivity contribution in [1.82, 2.24) is 9.29 Å². The standard InChI is InChI=1S/C16H21FN2O2S/c1-11(2)19-12(3)9-14(13(19)4)10-18-22(20,21)16-7-5-15(17)6-8-16/h5-9,11,18H,10H2,1-4H3. The van der Waals surface area contributed by atoms with E-state index in [4.69, 9.17) is 0 Å². The number of aryl methyl sites for hydroxylation is 1. The fourth-order valence-electron chi connectivity index (χ4n) is 2.69. The molecule has 2 aromatic rings. The Balaban J connectivity index is 2.19.